The molecule has 25 heavy (non-hydrogen) atoms. The van der Waals surface area contributed by atoms with Crippen molar-refractivity contribution in [1.29, 1.82) is 0 Å². The molecule has 0 aliphatic carbocycles. The van der Waals surface area contributed by atoms with Crippen molar-refractivity contribution in [3.05, 3.63) is 59.3 Å². The third-order valence-corrected chi connectivity index (χ3v) is 4.73. The van der Waals surface area contributed by atoms with Crippen LogP contribution in [0.25, 0.3) is 0 Å². The predicted octanol–water partition coefficient (Wildman–Crippen LogP) is 2.84. The predicted molar refractivity (Wildman–Crippen MR) is 98.8 cm³/mol. The second kappa shape index (κ2) is 7.66. The highest BCUT2D eigenvalue weighted by Crippen LogP contribution is 2.20. The molecule has 1 aromatic heterocycles. The fraction of sp³-hybridized carbons (Fsp3) is 0.400. The topological polar surface area (TPSA) is 65.5 Å². The van der Waals surface area contributed by atoms with Crippen LogP contribution in [0.15, 0.2) is 42.5 Å². The highest BCUT2D eigenvalue weighted by Gasteiger charge is 2.22. The van der Waals surface area contributed by atoms with E-state index in [4.69, 9.17) is 0 Å². The minimum atomic E-state index is -0.564. The minimum absolute atomic E-state index is 0.00535. The number of carbonyl (C=O) groups is 1. The number of carbonyl (C=O) groups excluding carboxylic acids is 1. The van der Waals surface area contributed by atoms with Crippen LogP contribution >= 0.6 is 0 Å². The van der Waals surface area contributed by atoms with Crippen molar-refractivity contribution >= 4 is 11.7 Å². The Morgan fingerprint density at radius 2 is 1.92 bits per heavy atom. The molecule has 0 saturated carbocycles. The number of amides is 1. The van der Waals surface area contributed by atoms with Crippen LogP contribution in [0.2, 0.25) is 0 Å². The lowest BCUT2D eigenvalue weighted by molar-refractivity contribution is 0.0930. The number of rotatable bonds is 4. The van der Waals surface area contributed by atoms with Gasteiger partial charge >= 0.3 is 0 Å². The van der Waals surface area contributed by atoms with Gasteiger partial charge in [0.05, 0.1) is 11.8 Å². The number of aryl methyl sites for hydroxylation is 1. The van der Waals surface area contributed by atoms with Gasteiger partial charge in [-0.1, -0.05) is 24.3 Å². The number of hydrogen-bond acceptors (Lipinski definition) is 4. The fourth-order valence-corrected chi connectivity index (χ4v) is 3.19. The standard InChI is InChI=1S/C20H25N3O2/c1-14-6-3-4-7-17(14)20(25)21-16-10-12-23(13-11-16)19-9-5-8-18(22-19)15(2)24/h3-9,15-16,24H,10-13H2,1-2H3,(H,21,25). The van der Waals surface area contributed by atoms with Gasteiger partial charge in [0.2, 0.25) is 0 Å². The minimum Gasteiger partial charge on any atom is -0.387 e. The van der Waals surface area contributed by atoms with Crippen molar-refractivity contribution in [2.45, 2.75) is 38.8 Å². The molecule has 1 aliphatic heterocycles. The highest BCUT2D eigenvalue weighted by molar-refractivity contribution is 5.95. The quantitative estimate of drug-likeness (QED) is 0.899. The average Bonchev–Trinajstić information content (AvgIpc) is 2.62. The number of aliphatic hydroxyl groups excluding tert-OH is 1. The molecule has 0 spiro atoms. The summed E-state index contributed by atoms with van der Waals surface area (Å²) < 4.78 is 0. The summed E-state index contributed by atoms with van der Waals surface area (Å²) in [4.78, 5) is 19.2. The van der Waals surface area contributed by atoms with E-state index in [1.54, 1.807) is 6.92 Å². The first-order valence-electron chi connectivity index (χ1n) is 8.81. The smallest absolute Gasteiger partial charge is 0.251 e. The van der Waals surface area contributed by atoms with Crippen LogP contribution in [-0.2, 0) is 0 Å². The molecular weight excluding hydrogens is 314 g/mol. The van der Waals surface area contributed by atoms with Crippen molar-refractivity contribution in [1.82, 2.24) is 10.3 Å². The maximum absolute atomic E-state index is 12.4. The first-order chi connectivity index (χ1) is 12.0. The van der Waals surface area contributed by atoms with E-state index in [1.807, 2.05) is 49.4 Å². The van der Waals surface area contributed by atoms with Crippen LogP contribution in [0, 0.1) is 6.92 Å². The molecule has 1 unspecified atom stereocenters. The lowest BCUT2D eigenvalue weighted by Gasteiger charge is -2.33. The molecule has 1 atom stereocenters. The molecule has 3 rings (SSSR count). The molecule has 0 bridgehead atoms. The second-order valence-corrected chi connectivity index (χ2v) is 6.65. The van der Waals surface area contributed by atoms with Gasteiger partial charge in [-0.2, -0.15) is 0 Å². The Morgan fingerprint density at radius 3 is 2.60 bits per heavy atom. The zero-order valence-corrected chi connectivity index (χ0v) is 14.8. The number of aromatic nitrogens is 1. The summed E-state index contributed by atoms with van der Waals surface area (Å²) in [5, 5.41) is 12.8. The van der Waals surface area contributed by atoms with Crippen molar-refractivity contribution in [2.24, 2.45) is 0 Å². The van der Waals surface area contributed by atoms with Crippen molar-refractivity contribution in [2.75, 3.05) is 18.0 Å². The van der Waals surface area contributed by atoms with E-state index < -0.39 is 6.10 Å². The van der Waals surface area contributed by atoms with Crippen molar-refractivity contribution in [3.63, 3.8) is 0 Å². The number of nitrogens with zero attached hydrogens (tertiary/aromatic N) is 2. The van der Waals surface area contributed by atoms with Crippen molar-refractivity contribution in [3.8, 4) is 0 Å². The van der Waals surface area contributed by atoms with Crippen LogP contribution in [-0.4, -0.2) is 35.1 Å². The van der Waals surface area contributed by atoms with Gasteiger partial charge in [-0.3, -0.25) is 4.79 Å². The molecule has 1 fully saturated rings. The van der Waals surface area contributed by atoms with Gasteiger partial charge in [-0.05, 0) is 50.5 Å². The Hall–Kier alpha value is -2.40. The molecule has 132 valence electrons. The number of anilines is 1. The molecule has 1 saturated heterocycles. The molecule has 5 heteroatoms. The lowest BCUT2D eigenvalue weighted by Crippen LogP contribution is -2.45. The number of benzene rings is 1. The van der Waals surface area contributed by atoms with Gasteiger partial charge in [0.25, 0.3) is 5.91 Å². The highest BCUT2D eigenvalue weighted by atomic mass is 16.3. The summed E-state index contributed by atoms with van der Waals surface area (Å²) in [6.07, 6.45) is 1.21. The average molecular weight is 339 g/mol. The van der Waals surface area contributed by atoms with Crippen LogP contribution in [0.3, 0.4) is 0 Å². The Labute approximate surface area is 148 Å². The van der Waals surface area contributed by atoms with E-state index in [0.29, 0.717) is 5.69 Å². The molecule has 2 N–H and O–H groups in total. The monoisotopic (exact) mass is 339 g/mol. The second-order valence-electron chi connectivity index (χ2n) is 6.65. The number of hydrogen-bond donors (Lipinski definition) is 2. The normalized spacial score (nSPS) is 16.5. The van der Waals surface area contributed by atoms with Gasteiger partial charge in [0, 0.05) is 24.7 Å². The Bertz CT molecular complexity index is 737. The van der Waals surface area contributed by atoms with E-state index in [0.717, 1.165) is 42.9 Å². The number of piperidine rings is 1. The number of pyridine rings is 1. The fourth-order valence-electron chi connectivity index (χ4n) is 3.19. The molecule has 2 aromatic rings. The maximum atomic E-state index is 12.4. The first-order valence-corrected chi connectivity index (χ1v) is 8.81. The number of nitrogens with one attached hydrogen (secondary N) is 1. The molecule has 1 aromatic carbocycles. The summed E-state index contributed by atoms with van der Waals surface area (Å²) in [6.45, 7) is 5.36. The van der Waals surface area contributed by atoms with E-state index in [-0.39, 0.29) is 11.9 Å². The van der Waals surface area contributed by atoms with E-state index in [2.05, 4.69) is 15.2 Å². The van der Waals surface area contributed by atoms with E-state index in [1.165, 1.54) is 0 Å². The SMILES string of the molecule is Cc1ccccc1C(=O)NC1CCN(c2cccc(C(C)O)n2)CC1. The first kappa shape index (κ1) is 17.4. The summed E-state index contributed by atoms with van der Waals surface area (Å²) in [7, 11) is 0. The Morgan fingerprint density at radius 1 is 1.20 bits per heavy atom. The molecular formula is C20H25N3O2. The summed E-state index contributed by atoms with van der Waals surface area (Å²) in [6, 6.07) is 13.6. The summed E-state index contributed by atoms with van der Waals surface area (Å²) >= 11 is 0. The largest absolute Gasteiger partial charge is 0.387 e. The zero-order chi connectivity index (χ0) is 17.8. The van der Waals surface area contributed by atoms with Gasteiger partial charge in [-0.15, -0.1) is 0 Å². The van der Waals surface area contributed by atoms with Crippen LogP contribution in [0.4, 0.5) is 5.82 Å². The van der Waals surface area contributed by atoms with Crippen molar-refractivity contribution < 1.29 is 9.90 Å². The van der Waals surface area contributed by atoms with Gasteiger partial charge in [0.15, 0.2) is 0 Å². The summed E-state index contributed by atoms with van der Waals surface area (Å²) in [5.41, 5.74) is 2.43. The van der Waals surface area contributed by atoms with Crippen LogP contribution < -0.4 is 10.2 Å². The van der Waals surface area contributed by atoms with Crippen LogP contribution in [0.5, 0.6) is 0 Å². The Balaban J connectivity index is 1.58. The molecule has 1 amide bonds. The molecule has 0 radical (unpaired) electrons. The molecule has 2 heterocycles. The molecule has 1 aliphatic rings. The van der Waals surface area contributed by atoms with E-state index in [9.17, 15) is 9.90 Å². The van der Waals surface area contributed by atoms with Gasteiger partial charge < -0.3 is 15.3 Å². The third kappa shape index (κ3) is 4.17. The third-order valence-electron chi connectivity index (χ3n) is 4.73. The lowest BCUT2D eigenvalue weighted by atomic mass is 10.0. The summed E-state index contributed by atoms with van der Waals surface area (Å²) in [5.74, 6) is 0.896. The molecule has 5 nitrogen and oxygen atoms in total. The number of aliphatic hydroxyl groups is 1. The Kier molecular flexibility index (Phi) is 5.34. The maximum Gasteiger partial charge on any atom is 0.251 e. The zero-order valence-electron chi connectivity index (χ0n) is 14.8. The van der Waals surface area contributed by atoms with Crippen LogP contribution in [0.1, 0.15) is 47.5 Å². The van der Waals surface area contributed by atoms with Gasteiger partial charge in [-0.25, -0.2) is 4.98 Å². The van der Waals surface area contributed by atoms with Gasteiger partial charge in [0.1, 0.15) is 5.82 Å². The van der Waals surface area contributed by atoms with E-state index >= 15 is 0 Å².